The summed E-state index contributed by atoms with van der Waals surface area (Å²) in [6, 6.07) is 7.05. The Morgan fingerprint density at radius 3 is 2.48 bits per heavy atom. The summed E-state index contributed by atoms with van der Waals surface area (Å²) in [7, 11) is -3.36. The van der Waals surface area contributed by atoms with Gasteiger partial charge in [0.05, 0.1) is 16.3 Å². The number of nitrogens with one attached hydrogen (secondary N) is 2. The number of hydrogen-bond donors (Lipinski definition) is 2. The molecule has 0 atom stereocenters. The van der Waals surface area contributed by atoms with Gasteiger partial charge in [-0.3, -0.25) is 9.52 Å². The molecule has 0 bridgehead atoms. The summed E-state index contributed by atoms with van der Waals surface area (Å²) >= 11 is 1.38. The van der Waals surface area contributed by atoms with Crippen LogP contribution in [0.3, 0.4) is 0 Å². The van der Waals surface area contributed by atoms with Gasteiger partial charge in [0.15, 0.2) is 0 Å². The SMILES string of the molecule is CCCS(=O)(=O)Nc1cccc(NC(=O)c2sccc2C)c1C. The van der Waals surface area contributed by atoms with Gasteiger partial charge in [-0.1, -0.05) is 13.0 Å². The van der Waals surface area contributed by atoms with Crippen molar-refractivity contribution in [2.75, 3.05) is 15.8 Å². The number of amides is 1. The molecule has 1 aromatic carbocycles. The third-order valence-electron chi connectivity index (χ3n) is 3.39. The molecule has 124 valence electrons. The molecule has 2 N–H and O–H groups in total. The molecule has 0 unspecified atom stereocenters. The highest BCUT2D eigenvalue weighted by atomic mass is 32.2. The summed E-state index contributed by atoms with van der Waals surface area (Å²) in [6.07, 6.45) is 0.544. The van der Waals surface area contributed by atoms with E-state index in [4.69, 9.17) is 0 Å². The fourth-order valence-corrected chi connectivity index (χ4v) is 4.17. The Hall–Kier alpha value is -1.86. The van der Waals surface area contributed by atoms with Crippen LogP contribution in [0.4, 0.5) is 11.4 Å². The van der Waals surface area contributed by atoms with Crippen LogP contribution in [0.15, 0.2) is 29.6 Å². The Morgan fingerprint density at radius 2 is 1.87 bits per heavy atom. The van der Waals surface area contributed by atoms with Crippen molar-refractivity contribution in [3.8, 4) is 0 Å². The maximum atomic E-state index is 12.3. The second kappa shape index (κ2) is 7.14. The molecule has 0 aliphatic heterocycles. The van der Waals surface area contributed by atoms with Gasteiger partial charge < -0.3 is 5.32 Å². The highest BCUT2D eigenvalue weighted by Crippen LogP contribution is 2.26. The van der Waals surface area contributed by atoms with Crippen LogP contribution in [0.1, 0.15) is 34.1 Å². The van der Waals surface area contributed by atoms with E-state index in [0.717, 1.165) is 5.56 Å². The molecule has 23 heavy (non-hydrogen) atoms. The molecule has 1 amide bonds. The first-order valence-corrected chi connectivity index (χ1v) is 9.83. The van der Waals surface area contributed by atoms with E-state index in [0.29, 0.717) is 28.2 Å². The number of carbonyl (C=O) groups excluding carboxylic acids is 1. The van der Waals surface area contributed by atoms with E-state index < -0.39 is 10.0 Å². The normalized spacial score (nSPS) is 11.3. The fraction of sp³-hybridized carbons (Fsp3) is 0.312. The lowest BCUT2D eigenvalue weighted by Gasteiger charge is -2.14. The van der Waals surface area contributed by atoms with Gasteiger partial charge in [-0.15, -0.1) is 11.3 Å². The summed E-state index contributed by atoms with van der Waals surface area (Å²) in [5, 5.41) is 4.72. The number of aryl methyl sites for hydroxylation is 1. The van der Waals surface area contributed by atoms with Crippen molar-refractivity contribution in [3.63, 3.8) is 0 Å². The monoisotopic (exact) mass is 352 g/mol. The van der Waals surface area contributed by atoms with Crippen molar-refractivity contribution < 1.29 is 13.2 Å². The first-order chi connectivity index (χ1) is 10.8. The van der Waals surface area contributed by atoms with Gasteiger partial charge in [0, 0.05) is 5.69 Å². The Morgan fingerprint density at radius 1 is 1.17 bits per heavy atom. The third-order valence-corrected chi connectivity index (χ3v) is 5.88. The second-order valence-corrected chi connectivity index (χ2v) is 8.04. The number of thiophene rings is 1. The molecule has 7 heteroatoms. The zero-order chi connectivity index (χ0) is 17.0. The van der Waals surface area contributed by atoms with Crippen molar-refractivity contribution in [1.29, 1.82) is 0 Å². The molecular weight excluding hydrogens is 332 g/mol. The highest BCUT2D eigenvalue weighted by Gasteiger charge is 2.15. The first-order valence-electron chi connectivity index (χ1n) is 7.29. The highest BCUT2D eigenvalue weighted by molar-refractivity contribution is 7.92. The van der Waals surface area contributed by atoms with Crippen molar-refractivity contribution in [1.82, 2.24) is 0 Å². The van der Waals surface area contributed by atoms with E-state index in [2.05, 4.69) is 10.0 Å². The molecular formula is C16H20N2O3S2. The molecule has 1 aromatic heterocycles. The van der Waals surface area contributed by atoms with Crippen LogP contribution < -0.4 is 10.0 Å². The van der Waals surface area contributed by atoms with Crippen molar-refractivity contribution in [2.24, 2.45) is 0 Å². The molecule has 1 heterocycles. The lowest BCUT2D eigenvalue weighted by atomic mass is 10.1. The molecule has 2 rings (SSSR count). The number of sulfonamides is 1. The van der Waals surface area contributed by atoms with Gasteiger partial charge >= 0.3 is 0 Å². The number of anilines is 2. The largest absolute Gasteiger partial charge is 0.321 e. The van der Waals surface area contributed by atoms with Gasteiger partial charge in [-0.2, -0.15) is 0 Å². The number of benzene rings is 1. The predicted molar refractivity (Wildman–Crippen MR) is 95.9 cm³/mol. The summed E-state index contributed by atoms with van der Waals surface area (Å²) in [6.45, 7) is 5.47. The maximum absolute atomic E-state index is 12.3. The van der Waals surface area contributed by atoms with Gasteiger partial charge in [0.1, 0.15) is 0 Å². The maximum Gasteiger partial charge on any atom is 0.266 e. The van der Waals surface area contributed by atoms with E-state index in [-0.39, 0.29) is 11.7 Å². The lowest BCUT2D eigenvalue weighted by molar-refractivity contribution is 0.103. The van der Waals surface area contributed by atoms with Crippen LogP contribution in [-0.2, 0) is 10.0 Å². The third kappa shape index (κ3) is 4.33. The molecule has 0 saturated heterocycles. The van der Waals surface area contributed by atoms with E-state index in [1.807, 2.05) is 25.3 Å². The average Bonchev–Trinajstić information content (AvgIpc) is 2.89. The van der Waals surface area contributed by atoms with Crippen LogP contribution in [0.5, 0.6) is 0 Å². The zero-order valence-electron chi connectivity index (χ0n) is 13.3. The second-order valence-electron chi connectivity index (χ2n) is 5.29. The van der Waals surface area contributed by atoms with Gasteiger partial charge in [0.25, 0.3) is 5.91 Å². The minimum Gasteiger partial charge on any atom is -0.321 e. The number of hydrogen-bond acceptors (Lipinski definition) is 4. The Bertz CT molecular complexity index is 810. The summed E-state index contributed by atoms with van der Waals surface area (Å²) in [4.78, 5) is 13.0. The standard InChI is InChI=1S/C16H20N2O3S2/c1-4-10-23(20,21)18-14-7-5-6-13(12(14)3)17-16(19)15-11(2)8-9-22-15/h5-9,18H,4,10H2,1-3H3,(H,17,19). The topological polar surface area (TPSA) is 75.3 Å². The van der Waals surface area contributed by atoms with E-state index in [1.54, 1.807) is 25.1 Å². The van der Waals surface area contributed by atoms with Gasteiger partial charge in [-0.05, 0) is 55.0 Å². The lowest BCUT2D eigenvalue weighted by Crippen LogP contribution is -2.18. The predicted octanol–water partition coefficient (Wildman–Crippen LogP) is 3.77. The summed E-state index contributed by atoms with van der Waals surface area (Å²) < 4.78 is 26.4. The Balaban J connectivity index is 2.23. The Kier molecular flexibility index (Phi) is 5.43. The molecule has 0 spiro atoms. The number of carbonyl (C=O) groups is 1. The average molecular weight is 352 g/mol. The minimum absolute atomic E-state index is 0.0669. The quantitative estimate of drug-likeness (QED) is 0.831. The van der Waals surface area contributed by atoms with Crippen molar-refractivity contribution >= 4 is 38.6 Å². The van der Waals surface area contributed by atoms with Crippen molar-refractivity contribution in [2.45, 2.75) is 27.2 Å². The van der Waals surface area contributed by atoms with Gasteiger partial charge in [-0.25, -0.2) is 8.42 Å². The van der Waals surface area contributed by atoms with Crippen LogP contribution in [0.25, 0.3) is 0 Å². The van der Waals surface area contributed by atoms with E-state index in [9.17, 15) is 13.2 Å². The first kappa shape index (κ1) is 17.5. The molecule has 0 saturated carbocycles. The van der Waals surface area contributed by atoms with Crippen LogP contribution >= 0.6 is 11.3 Å². The van der Waals surface area contributed by atoms with Crippen LogP contribution in [0.2, 0.25) is 0 Å². The Labute approximate surface area is 140 Å². The molecule has 0 fully saturated rings. The van der Waals surface area contributed by atoms with Crippen LogP contribution in [0, 0.1) is 13.8 Å². The van der Waals surface area contributed by atoms with E-state index >= 15 is 0 Å². The van der Waals surface area contributed by atoms with E-state index in [1.165, 1.54) is 11.3 Å². The zero-order valence-corrected chi connectivity index (χ0v) is 15.0. The minimum atomic E-state index is -3.36. The smallest absolute Gasteiger partial charge is 0.266 e. The summed E-state index contributed by atoms with van der Waals surface area (Å²) in [5.41, 5.74) is 2.69. The fourth-order valence-electron chi connectivity index (χ4n) is 2.15. The molecule has 5 nitrogen and oxygen atoms in total. The molecule has 0 aliphatic carbocycles. The molecule has 0 aliphatic rings. The molecule has 2 aromatic rings. The number of rotatable bonds is 6. The summed E-state index contributed by atoms with van der Waals surface area (Å²) in [5.74, 6) is -0.119. The van der Waals surface area contributed by atoms with Crippen molar-refractivity contribution in [3.05, 3.63) is 45.6 Å². The van der Waals surface area contributed by atoms with Gasteiger partial charge in [0.2, 0.25) is 10.0 Å². The van der Waals surface area contributed by atoms with Crippen LogP contribution in [-0.4, -0.2) is 20.1 Å². The molecule has 0 radical (unpaired) electrons.